The number of piperidine rings is 1. The first kappa shape index (κ1) is 16.9. The lowest BCUT2D eigenvalue weighted by molar-refractivity contribution is -0.123. The van der Waals surface area contributed by atoms with Gasteiger partial charge in [0.1, 0.15) is 0 Å². The van der Waals surface area contributed by atoms with Gasteiger partial charge in [-0.2, -0.15) is 8.42 Å². The maximum absolute atomic E-state index is 12.5. The number of anilines is 1. The van der Waals surface area contributed by atoms with Crippen LogP contribution in [-0.4, -0.2) is 43.1 Å². The zero-order chi connectivity index (χ0) is 16.2. The Kier molecular flexibility index (Phi) is 5.52. The zero-order valence-electron chi connectivity index (χ0n) is 12.1. The van der Waals surface area contributed by atoms with Crippen molar-refractivity contribution in [3.05, 3.63) is 29.8 Å². The Hall–Kier alpha value is -1.48. The van der Waals surface area contributed by atoms with Gasteiger partial charge in [-0.05, 0) is 44.0 Å². The number of rotatable bonds is 1. The smallest absolute Gasteiger partial charge is 0.317 e. The molecular weight excluding hydrogens is 308 g/mol. The second kappa shape index (κ2) is 7.19. The molecule has 2 heterocycles. The van der Waals surface area contributed by atoms with Crippen molar-refractivity contribution in [3.8, 4) is 0 Å². The van der Waals surface area contributed by atoms with E-state index in [0.29, 0.717) is 5.91 Å². The predicted octanol–water partition coefficient (Wildman–Crippen LogP) is 0.922. The summed E-state index contributed by atoms with van der Waals surface area (Å²) in [5.41, 5.74) is 2.45. The first-order valence-corrected chi connectivity index (χ1v) is 8.56. The number of fused-ring (bicyclic) bond motifs is 1. The number of nitrogens with one attached hydrogen (secondary N) is 1. The number of amides is 1. The average molecular weight is 328 g/mol. The first-order valence-electron chi connectivity index (χ1n) is 7.16. The van der Waals surface area contributed by atoms with Crippen molar-refractivity contribution in [3.63, 3.8) is 0 Å². The van der Waals surface area contributed by atoms with E-state index in [0.717, 1.165) is 44.6 Å². The normalized spacial score (nSPS) is 18.4. The van der Waals surface area contributed by atoms with Crippen LogP contribution in [0.25, 0.3) is 0 Å². The fourth-order valence-corrected chi connectivity index (χ4v) is 2.86. The summed E-state index contributed by atoms with van der Waals surface area (Å²) in [6, 6.07) is 8.27. The molecule has 2 aliphatic rings. The maximum Gasteiger partial charge on any atom is 0.394 e. The number of hydrogen-bond acceptors (Lipinski definition) is 4. The Morgan fingerprint density at radius 2 is 1.77 bits per heavy atom. The molecule has 0 spiro atoms. The highest BCUT2D eigenvalue weighted by Crippen LogP contribution is 2.30. The number of nitrogens with zero attached hydrogens (tertiary/aromatic N) is 1. The fourth-order valence-electron chi connectivity index (χ4n) is 2.86. The van der Waals surface area contributed by atoms with E-state index in [2.05, 4.69) is 23.5 Å². The predicted molar refractivity (Wildman–Crippen MR) is 82.3 cm³/mol. The maximum atomic E-state index is 12.5. The molecule has 8 heteroatoms. The second-order valence-electron chi connectivity index (χ2n) is 5.34. The van der Waals surface area contributed by atoms with E-state index in [9.17, 15) is 4.79 Å². The molecule has 0 aliphatic carbocycles. The monoisotopic (exact) mass is 328 g/mol. The fraction of sp³-hybridized carbons (Fsp3) is 0.500. The topological polar surface area (TPSA) is 107 Å². The van der Waals surface area contributed by atoms with E-state index in [-0.39, 0.29) is 5.92 Å². The minimum absolute atomic E-state index is 0.224. The summed E-state index contributed by atoms with van der Waals surface area (Å²) in [6.07, 6.45) is 2.97. The highest BCUT2D eigenvalue weighted by molar-refractivity contribution is 7.79. The van der Waals surface area contributed by atoms with Crippen LogP contribution in [-0.2, 0) is 21.6 Å². The Morgan fingerprint density at radius 3 is 2.41 bits per heavy atom. The van der Waals surface area contributed by atoms with E-state index < -0.39 is 10.4 Å². The van der Waals surface area contributed by atoms with Gasteiger partial charge in [0.25, 0.3) is 0 Å². The molecule has 1 aromatic rings. The molecule has 1 saturated heterocycles. The molecule has 7 nitrogen and oxygen atoms in total. The molecule has 22 heavy (non-hydrogen) atoms. The number of carbonyl (C=O) groups is 1. The molecule has 0 atom stereocenters. The molecule has 3 rings (SSSR count). The van der Waals surface area contributed by atoms with Gasteiger partial charge < -0.3 is 10.2 Å². The number of benzene rings is 1. The van der Waals surface area contributed by atoms with Crippen molar-refractivity contribution in [2.45, 2.75) is 19.3 Å². The van der Waals surface area contributed by atoms with Crippen LogP contribution < -0.4 is 10.2 Å². The van der Waals surface area contributed by atoms with Gasteiger partial charge in [0.2, 0.25) is 5.91 Å². The number of para-hydroxylation sites is 1. The highest BCUT2D eigenvalue weighted by Gasteiger charge is 2.30. The molecule has 122 valence electrons. The molecule has 3 N–H and O–H groups in total. The van der Waals surface area contributed by atoms with E-state index in [1.54, 1.807) is 0 Å². The second-order valence-corrected chi connectivity index (χ2v) is 6.24. The van der Waals surface area contributed by atoms with E-state index in [4.69, 9.17) is 17.5 Å². The standard InChI is InChI=1S/C14H18N2O.H2O4S/c17-14(12-5-8-15-9-6-12)16-10-7-11-3-1-2-4-13(11)16;1-5(2,3)4/h1-4,12,15H,5-10H2;(H2,1,2,3,4). The molecule has 1 amide bonds. The van der Waals surface area contributed by atoms with Crippen molar-refractivity contribution in [2.24, 2.45) is 5.92 Å². The van der Waals surface area contributed by atoms with Gasteiger partial charge in [0, 0.05) is 18.2 Å². The van der Waals surface area contributed by atoms with Crippen molar-refractivity contribution in [1.29, 1.82) is 0 Å². The summed E-state index contributed by atoms with van der Waals surface area (Å²) in [6.45, 7) is 2.82. The van der Waals surface area contributed by atoms with Crippen molar-refractivity contribution < 1.29 is 22.3 Å². The van der Waals surface area contributed by atoms with Crippen LogP contribution in [0.2, 0.25) is 0 Å². The Morgan fingerprint density at radius 1 is 1.18 bits per heavy atom. The highest BCUT2D eigenvalue weighted by atomic mass is 32.3. The van der Waals surface area contributed by atoms with Crippen LogP contribution in [0.3, 0.4) is 0 Å². The van der Waals surface area contributed by atoms with Gasteiger partial charge in [-0.3, -0.25) is 13.9 Å². The van der Waals surface area contributed by atoms with Gasteiger partial charge in [-0.25, -0.2) is 0 Å². The molecule has 0 bridgehead atoms. The molecule has 0 aromatic heterocycles. The van der Waals surface area contributed by atoms with Crippen LogP contribution in [0.15, 0.2) is 24.3 Å². The molecule has 0 radical (unpaired) electrons. The molecule has 0 saturated carbocycles. The molecular formula is C14H20N2O5S. The van der Waals surface area contributed by atoms with Crippen LogP contribution in [0.1, 0.15) is 18.4 Å². The van der Waals surface area contributed by atoms with Gasteiger partial charge in [0.05, 0.1) is 0 Å². The van der Waals surface area contributed by atoms with Crippen molar-refractivity contribution >= 4 is 22.0 Å². The van der Waals surface area contributed by atoms with Gasteiger partial charge >= 0.3 is 10.4 Å². The Balaban J connectivity index is 0.000000309. The van der Waals surface area contributed by atoms with Crippen LogP contribution in [0.5, 0.6) is 0 Å². The lowest BCUT2D eigenvalue weighted by Crippen LogP contribution is -2.40. The summed E-state index contributed by atoms with van der Waals surface area (Å²) < 4.78 is 31.6. The summed E-state index contributed by atoms with van der Waals surface area (Å²) in [7, 11) is -4.67. The van der Waals surface area contributed by atoms with Crippen molar-refractivity contribution in [1.82, 2.24) is 5.32 Å². The summed E-state index contributed by atoms with van der Waals surface area (Å²) in [4.78, 5) is 14.5. The number of carbonyl (C=O) groups excluding carboxylic acids is 1. The third-order valence-corrected chi connectivity index (χ3v) is 3.84. The lowest BCUT2D eigenvalue weighted by Gasteiger charge is -2.27. The summed E-state index contributed by atoms with van der Waals surface area (Å²) in [5.74, 6) is 0.554. The molecule has 0 unspecified atom stereocenters. The van der Waals surface area contributed by atoms with Crippen LogP contribution >= 0.6 is 0 Å². The molecule has 1 aromatic carbocycles. The quantitative estimate of drug-likeness (QED) is 0.662. The summed E-state index contributed by atoms with van der Waals surface area (Å²) in [5, 5.41) is 3.31. The SMILES string of the molecule is O=C(C1CCNCC1)N1CCc2ccccc21.O=S(=O)(O)O. The minimum Gasteiger partial charge on any atom is -0.317 e. The van der Waals surface area contributed by atoms with E-state index in [1.165, 1.54) is 5.56 Å². The van der Waals surface area contributed by atoms with Gasteiger partial charge in [-0.15, -0.1) is 0 Å². The first-order chi connectivity index (χ1) is 10.4. The molecule has 2 aliphatic heterocycles. The zero-order valence-corrected chi connectivity index (χ0v) is 12.9. The number of hydrogen-bond donors (Lipinski definition) is 3. The Bertz CT molecular complexity index is 618. The van der Waals surface area contributed by atoms with Gasteiger partial charge in [0.15, 0.2) is 0 Å². The third kappa shape index (κ3) is 4.77. The summed E-state index contributed by atoms with van der Waals surface area (Å²) >= 11 is 0. The van der Waals surface area contributed by atoms with Gasteiger partial charge in [-0.1, -0.05) is 18.2 Å². The Labute approximate surface area is 129 Å². The largest absolute Gasteiger partial charge is 0.394 e. The lowest BCUT2D eigenvalue weighted by atomic mass is 9.96. The van der Waals surface area contributed by atoms with E-state index >= 15 is 0 Å². The van der Waals surface area contributed by atoms with Crippen LogP contribution in [0, 0.1) is 5.92 Å². The third-order valence-electron chi connectivity index (χ3n) is 3.84. The van der Waals surface area contributed by atoms with Crippen LogP contribution in [0.4, 0.5) is 5.69 Å². The van der Waals surface area contributed by atoms with E-state index in [1.807, 2.05) is 11.0 Å². The molecule has 1 fully saturated rings. The van der Waals surface area contributed by atoms with Crippen molar-refractivity contribution in [2.75, 3.05) is 24.5 Å². The minimum atomic E-state index is -4.67. The average Bonchev–Trinajstić information content (AvgIpc) is 2.89.